The Balaban J connectivity index is 2.54. The summed E-state index contributed by atoms with van der Waals surface area (Å²) in [5, 5.41) is 0.521. The lowest BCUT2D eigenvalue weighted by Gasteiger charge is -1.99. The quantitative estimate of drug-likeness (QED) is 0.854. The van der Waals surface area contributed by atoms with E-state index in [1.165, 1.54) is 0 Å². The van der Waals surface area contributed by atoms with E-state index < -0.39 is 0 Å². The fraction of sp³-hybridized carbons (Fsp3) is 0.250. The highest BCUT2D eigenvalue weighted by molar-refractivity contribution is 5.49. The van der Waals surface area contributed by atoms with Crippen LogP contribution in [-0.2, 0) is 0 Å². The first-order valence-electron chi connectivity index (χ1n) is 6.70. The number of aromatic nitrogens is 2. The number of hydrogen-bond acceptors (Lipinski definition) is 3. The van der Waals surface area contributed by atoms with Crippen LogP contribution in [0.3, 0.4) is 0 Å². The van der Waals surface area contributed by atoms with Gasteiger partial charge in [0.1, 0.15) is 16.4 Å². The Morgan fingerprint density at radius 1 is 1.00 bits per heavy atom. The molecular formula is C16H18N2O3. The SMILES string of the molecule is COc1ccc(/C=c2\[nH]c(=O)/c(=C/C(C)C)[nH]c2=O)cc1. The molecule has 110 valence electrons. The highest BCUT2D eigenvalue weighted by atomic mass is 16.5. The number of methoxy groups -OCH3 is 1. The summed E-state index contributed by atoms with van der Waals surface area (Å²) in [6, 6.07) is 7.20. The van der Waals surface area contributed by atoms with Gasteiger partial charge < -0.3 is 14.7 Å². The lowest BCUT2D eigenvalue weighted by molar-refractivity contribution is 0.415. The van der Waals surface area contributed by atoms with Gasteiger partial charge in [-0.15, -0.1) is 0 Å². The van der Waals surface area contributed by atoms with Crippen molar-refractivity contribution >= 4 is 12.2 Å². The summed E-state index contributed by atoms with van der Waals surface area (Å²) in [5.41, 5.74) is 0.179. The van der Waals surface area contributed by atoms with Crippen molar-refractivity contribution in [2.75, 3.05) is 7.11 Å². The van der Waals surface area contributed by atoms with Gasteiger partial charge in [-0.1, -0.05) is 32.1 Å². The van der Waals surface area contributed by atoms with E-state index in [-0.39, 0.29) is 22.4 Å². The van der Waals surface area contributed by atoms with Gasteiger partial charge in [-0.05, 0) is 29.7 Å². The summed E-state index contributed by atoms with van der Waals surface area (Å²) in [6.45, 7) is 3.88. The Kier molecular flexibility index (Phi) is 4.42. The molecule has 5 heteroatoms. The molecule has 2 rings (SSSR count). The van der Waals surface area contributed by atoms with Crippen molar-refractivity contribution in [3.63, 3.8) is 0 Å². The Labute approximate surface area is 121 Å². The lowest BCUT2D eigenvalue weighted by atomic mass is 10.2. The molecule has 0 spiro atoms. The largest absolute Gasteiger partial charge is 0.497 e. The molecule has 21 heavy (non-hydrogen) atoms. The summed E-state index contributed by atoms with van der Waals surface area (Å²) in [4.78, 5) is 29.1. The number of H-pyrrole nitrogens is 2. The molecule has 1 heterocycles. The zero-order valence-corrected chi connectivity index (χ0v) is 12.3. The third-order valence-electron chi connectivity index (χ3n) is 2.91. The monoisotopic (exact) mass is 286 g/mol. The number of ether oxygens (including phenoxy) is 1. The molecule has 0 aliphatic carbocycles. The van der Waals surface area contributed by atoms with E-state index in [0.717, 1.165) is 11.3 Å². The van der Waals surface area contributed by atoms with Crippen LogP contribution in [0.1, 0.15) is 19.4 Å². The topological polar surface area (TPSA) is 75.0 Å². The van der Waals surface area contributed by atoms with Crippen LogP contribution in [0, 0.1) is 5.92 Å². The summed E-state index contributed by atoms with van der Waals surface area (Å²) < 4.78 is 5.07. The molecule has 1 aromatic heterocycles. The maximum absolute atomic E-state index is 12.0. The van der Waals surface area contributed by atoms with Crippen molar-refractivity contribution in [2.24, 2.45) is 5.92 Å². The third kappa shape index (κ3) is 3.72. The van der Waals surface area contributed by atoms with E-state index in [0.29, 0.717) is 5.35 Å². The summed E-state index contributed by atoms with van der Waals surface area (Å²) in [5.74, 6) is 0.912. The van der Waals surface area contributed by atoms with Crippen LogP contribution in [0.15, 0.2) is 33.9 Å². The van der Waals surface area contributed by atoms with Gasteiger partial charge in [0.25, 0.3) is 11.1 Å². The molecule has 0 atom stereocenters. The summed E-state index contributed by atoms with van der Waals surface area (Å²) in [7, 11) is 1.59. The second-order valence-electron chi connectivity index (χ2n) is 5.06. The number of nitrogens with one attached hydrogen (secondary N) is 2. The second kappa shape index (κ2) is 6.26. The van der Waals surface area contributed by atoms with Crippen LogP contribution in [-0.4, -0.2) is 17.1 Å². The van der Waals surface area contributed by atoms with Gasteiger partial charge in [0, 0.05) is 0 Å². The first-order valence-corrected chi connectivity index (χ1v) is 6.70. The van der Waals surface area contributed by atoms with Crippen molar-refractivity contribution in [1.82, 2.24) is 9.97 Å². The molecule has 0 saturated carbocycles. The van der Waals surface area contributed by atoms with Crippen molar-refractivity contribution < 1.29 is 4.74 Å². The molecule has 1 aromatic carbocycles. The molecule has 2 aromatic rings. The van der Waals surface area contributed by atoms with Crippen LogP contribution >= 0.6 is 0 Å². The minimum absolute atomic E-state index is 0.179. The molecule has 0 saturated heterocycles. The predicted molar refractivity (Wildman–Crippen MR) is 82.8 cm³/mol. The van der Waals surface area contributed by atoms with E-state index >= 15 is 0 Å². The minimum Gasteiger partial charge on any atom is -0.497 e. The first-order chi connectivity index (χ1) is 9.99. The molecule has 0 radical (unpaired) electrons. The maximum Gasteiger partial charge on any atom is 0.272 e. The average molecular weight is 286 g/mol. The van der Waals surface area contributed by atoms with Gasteiger partial charge in [0.2, 0.25) is 0 Å². The van der Waals surface area contributed by atoms with E-state index in [9.17, 15) is 9.59 Å². The van der Waals surface area contributed by atoms with Gasteiger partial charge in [0.05, 0.1) is 7.11 Å². The standard InChI is InChI=1S/C16H18N2O3/c1-10(2)8-13-15(19)18-14(16(20)17-13)9-11-4-6-12(21-3)7-5-11/h4-10H,1-3H3,(H,17,20)(H,18,19)/b13-8-,14-9-. The minimum atomic E-state index is -0.322. The fourth-order valence-corrected chi connectivity index (χ4v) is 1.91. The van der Waals surface area contributed by atoms with Crippen LogP contribution in [0.5, 0.6) is 5.75 Å². The lowest BCUT2D eigenvalue weighted by Crippen LogP contribution is -2.47. The normalized spacial score (nSPS) is 13.0. The number of rotatable bonds is 3. The van der Waals surface area contributed by atoms with Crippen LogP contribution in [0.25, 0.3) is 12.2 Å². The van der Waals surface area contributed by atoms with Crippen LogP contribution in [0.2, 0.25) is 0 Å². The molecule has 0 amide bonds. The van der Waals surface area contributed by atoms with Crippen LogP contribution < -0.4 is 26.6 Å². The highest BCUT2D eigenvalue weighted by Gasteiger charge is 1.97. The maximum atomic E-state index is 12.0. The number of hydrogen-bond donors (Lipinski definition) is 2. The number of aromatic amines is 2. The average Bonchev–Trinajstić information content (AvgIpc) is 2.44. The molecular weight excluding hydrogens is 268 g/mol. The van der Waals surface area contributed by atoms with Crippen molar-refractivity contribution in [3.05, 3.63) is 61.2 Å². The zero-order chi connectivity index (χ0) is 15.4. The first kappa shape index (κ1) is 14.8. The van der Waals surface area contributed by atoms with Crippen molar-refractivity contribution in [3.8, 4) is 5.75 Å². The van der Waals surface area contributed by atoms with Crippen LogP contribution in [0.4, 0.5) is 0 Å². The predicted octanol–water partition coefficient (Wildman–Crippen LogP) is 0.337. The zero-order valence-electron chi connectivity index (χ0n) is 12.3. The summed E-state index contributed by atoms with van der Waals surface area (Å²) >= 11 is 0. The van der Waals surface area contributed by atoms with Gasteiger partial charge in [-0.2, -0.15) is 0 Å². The molecule has 2 N–H and O–H groups in total. The second-order valence-corrected chi connectivity index (χ2v) is 5.06. The molecule has 0 aliphatic heterocycles. The molecule has 5 nitrogen and oxygen atoms in total. The Bertz CT molecular complexity index is 843. The number of benzene rings is 1. The fourth-order valence-electron chi connectivity index (χ4n) is 1.91. The van der Waals surface area contributed by atoms with Crippen molar-refractivity contribution in [2.45, 2.75) is 13.8 Å². The van der Waals surface area contributed by atoms with Crippen molar-refractivity contribution in [1.29, 1.82) is 0 Å². The Morgan fingerprint density at radius 3 is 2.14 bits per heavy atom. The smallest absolute Gasteiger partial charge is 0.272 e. The van der Waals surface area contributed by atoms with E-state index in [1.807, 2.05) is 26.0 Å². The van der Waals surface area contributed by atoms with E-state index in [2.05, 4.69) is 9.97 Å². The molecule has 0 unspecified atom stereocenters. The molecule has 0 bridgehead atoms. The van der Waals surface area contributed by atoms with Gasteiger partial charge in [0.15, 0.2) is 0 Å². The molecule has 0 aliphatic rings. The Morgan fingerprint density at radius 2 is 1.57 bits per heavy atom. The van der Waals surface area contributed by atoms with Gasteiger partial charge >= 0.3 is 0 Å². The van der Waals surface area contributed by atoms with E-state index in [1.54, 1.807) is 31.4 Å². The highest BCUT2D eigenvalue weighted by Crippen LogP contribution is 2.11. The Hall–Kier alpha value is -2.56. The van der Waals surface area contributed by atoms with E-state index in [4.69, 9.17) is 4.74 Å². The third-order valence-corrected chi connectivity index (χ3v) is 2.91. The summed E-state index contributed by atoms with van der Waals surface area (Å²) in [6.07, 6.45) is 3.34. The van der Waals surface area contributed by atoms with Gasteiger partial charge in [-0.25, -0.2) is 0 Å². The van der Waals surface area contributed by atoms with Gasteiger partial charge in [-0.3, -0.25) is 9.59 Å². The molecule has 0 fully saturated rings.